The quantitative estimate of drug-likeness (QED) is 0.173. The van der Waals surface area contributed by atoms with Gasteiger partial charge in [0.05, 0.1) is 5.02 Å². The van der Waals surface area contributed by atoms with Gasteiger partial charge in [0.15, 0.2) is 0 Å². The van der Waals surface area contributed by atoms with E-state index < -0.39 is 0 Å². The maximum absolute atomic E-state index is 13.3. The summed E-state index contributed by atoms with van der Waals surface area (Å²) < 4.78 is 23.8. The molecular formula is C36H28ClFN6O2. The maximum atomic E-state index is 13.3. The van der Waals surface area contributed by atoms with Crippen LogP contribution < -0.4 is 0 Å². The summed E-state index contributed by atoms with van der Waals surface area (Å²) in [6.45, 7) is 3.85. The van der Waals surface area contributed by atoms with Gasteiger partial charge in [-0.2, -0.15) is 9.97 Å². The molecule has 228 valence electrons. The first-order valence-corrected chi connectivity index (χ1v) is 14.8. The van der Waals surface area contributed by atoms with Gasteiger partial charge in [-0.15, -0.1) is 0 Å². The Morgan fingerprint density at radius 3 is 1.89 bits per heavy atom. The first-order chi connectivity index (χ1) is 22.5. The van der Waals surface area contributed by atoms with Crippen LogP contribution in [0, 0.1) is 43.3 Å². The van der Waals surface area contributed by atoms with Crippen LogP contribution in [0.4, 0.5) is 4.39 Å². The molecule has 0 N–H and O–H groups in total. The van der Waals surface area contributed by atoms with E-state index in [1.807, 2.05) is 68.4 Å². The van der Waals surface area contributed by atoms with E-state index in [1.54, 1.807) is 18.5 Å². The highest BCUT2D eigenvalue weighted by molar-refractivity contribution is 6.33. The van der Waals surface area contributed by atoms with E-state index in [4.69, 9.17) is 20.6 Å². The zero-order valence-electron chi connectivity index (χ0n) is 25.2. The fourth-order valence-corrected chi connectivity index (χ4v) is 4.50. The second-order valence-electron chi connectivity index (χ2n) is 9.95. The molecule has 6 aromatic rings. The van der Waals surface area contributed by atoms with Gasteiger partial charge in [0.1, 0.15) is 17.2 Å². The molecule has 0 radical (unpaired) electrons. The Morgan fingerprint density at radius 1 is 0.696 bits per heavy atom. The summed E-state index contributed by atoms with van der Waals surface area (Å²) in [4.78, 5) is 17.0. The van der Waals surface area contributed by atoms with Crippen molar-refractivity contribution in [2.75, 3.05) is 0 Å². The maximum Gasteiger partial charge on any atom is 0.227 e. The van der Waals surface area contributed by atoms with Crippen LogP contribution in [0.2, 0.25) is 5.02 Å². The van der Waals surface area contributed by atoms with Gasteiger partial charge in [-0.05, 0) is 79.3 Å². The molecule has 0 aliphatic rings. The van der Waals surface area contributed by atoms with Crippen molar-refractivity contribution in [1.29, 1.82) is 0 Å². The molecule has 0 aliphatic heterocycles. The van der Waals surface area contributed by atoms with E-state index in [9.17, 15) is 4.39 Å². The minimum Gasteiger partial charge on any atom is -0.339 e. The Labute approximate surface area is 271 Å². The van der Waals surface area contributed by atoms with E-state index >= 15 is 0 Å². The van der Waals surface area contributed by atoms with Gasteiger partial charge in [-0.1, -0.05) is 64.1 Å². The molecule has 0 bridgehead atoms. The minimum absolute atomic E-state index is 0.321. The summed E-state index contributed by atoms with van der Waals surface area (Å²) >= 11 is 6.22. The Bertz CT molecular complexity index is 2000. The summed E-state index contributed by atoms with van der Waals surface area (Å²) in [5, 5.41) is 8.54. The third kappa shape index (κ3) is 8.95. The number of rotatable bonds is 6. The molecule has 4 heterocycles. The molecule has 6 rings (SSSR count). The van der Waals surface area contributed by atoms with Crippen molar-refractivity contribution in [2.45, 2.75) is 39.5 Å². The number of hydrogen-bond donors (Lipinski definition) is 0. The number of pyridine rings is 2. The van der Waals surface area contributed by atoms with Gasteiger partial charge in [0.2, 0.25) is 23.4 Å². The second kappa shape index (κ2) is 15.9. The number of nitrogens with zero attached hydrogens (tertiary/aromatic N) is 6. The summed E-state index contributed by atoms with van der Waals surface area (Å²) in [5.74, 6) is 13.7. The van der Waals surface area contributed by atoms with Gasteiger partial charge < -0.3 is 9.05 Å². The predicted octanol–water partition coefficient (Wildman–Crippen LogP) is 7.64. The molecule has 0 saturated carbocycles. The largest absolute Gasteiger partial charge is 0.339 e. The highest BCUT2D eigenvalue weighted by atomic mass is 35.5. The Balaban J connectivity index is 0.000000181. The van der Waals surface area contributed by atoms with Gasteiger partial charge in [0, 0.05) is 49.2 Å². The monoisotopic (exact) mass is 630 g/mol. The van der Waals surface area contributed by atoms with Crippen LogP contribution in [0.15, 0.2) is 94.2 Å². The summed E-state index contributed by atoms with van der Waals surface area (Å²) in [5.41, 5.74) is 4.84. The highest BCUT2D eigenvalue weighted by Crippen LogP contribution is 2.29. The Hall–Kier alpha value is -5.64. The topological polar surface area (TPSA) is 104 Å². The van der Waals surface area contributed by atoms with E-state index in [2.05, 4.69) is 53.9 Å². The number of aromatic nitrogens is 6. The molecule has 10 heteroatoms. The van der Waals surface area contributed by atoms with E-state index in [1.165, 1.54) is 12.1 Å². The zero-order valence-corrected chi connectivity index (χ0v) is 25.9. The lowest BCUT2D eigenvalue weighted by atomic mass is 10.1. The highest BCUT2D eigenvalue weighted by Gasteiger charge is 2.14. The molecule has 0 amide bonds. The van der Waals surface area contributed by atoms with Crippen molar-refractivity contribution < 1.29 is 13.4 Å². The lowest BCUT2D eigenvalue weighted by molar-refractivity contribution is 0.380. The average Bonchev–Trinajstić information content (AvgIpc) is 3.74. The first kappa shape index (κ1) is 31.8. The predicted molar refractivity (Wildman–Crippen MR) is 173 cm³/mol. The number of hydrogen-bond acceptors (Lipinski definition) is 8. The third-order valence-electron chi connectivity index (χ3n) is 6.51. The fourth-order valence-electron chi connectivity index (χ4n) is 4.19. The third-order valence-corrected chi connectivity index (χ3v) is 6.83. The van der Waals surface area contributed by atoms with Crippen molar-refractivity contribution in [1.82, 2.24) is 30.2 Å². The average molecular weight is 631 g/mol. The van der Waals surface area contributed by atoms with Crippen molar-refractivity contribution in [3.63, 3.8) is 0 Å². The van der Waals surface area contributed by atoms with Crippen LogP contribution in [0.1, 0.15) is 47.1 Å². The van der Waals surface area contributed by atoms with Gasteiger partial charge in [0.25, 0.3) is 0 Å². The SMILES string of the molecule is Cc1ccc(F)cc1-c1noc(CCC#Cc2ccccn2)n1.Cc1cccc(Cl)c1-c1noc(CCC#Cc2ccccn2)n1. The molecule has 0 atom stereocenters. The zero-order chi connectivity index (χ0) is 32.1. The number of halogens is 2. The number of aryl methyl sites for hydroxylation is 4. The number of benzene rings is 2. The Morgan fingerprint density at radius 2 is 1.30 bits per heavy atom. The van der Waals surface area contributed by atoms with Crippen molar-refractivity contribution in [3.05, 3.63) is 130 Å². The first-order valence-electron chi connectivity index (χ1n) is 14.4. The van der Waals surface area contributed by atoms with Crippen molar-refractivity contribution >= 4 is 11.6 Å². The van der Waals surface area contributed by atoms with Crippen LogP contribution in [0.5, 0.6) is 0 Å². The van der Waals surface area contributed by atoms with Crippen molar-refractivity contribution in [3.8, 4) is 46.5 Å². The molecule has 0 spiro atoms. The van der Waals surface area contributed by atoms with E-state index in [0.29, 0.717) is 59.7 Å². The smallest absolute Gasteiger partial charge is 0.227 e. The van der Waals surface area contributed by atoms with Crippen LogP contribution >= 0.6 is 11.6 Å². The molecule has 4 aromatic heterocycles. The van der Waals surface area contributed by atoms with Gasteiger partial charge in [-0.25, -0.2) is 14.4 Å². The lowest BCUT2D eigenvalue weighted by Gasteiger charge is -2.02. The van der Waals surface area contributed by atoms with Crippen LogP contribution in [0.3, 0.4) is 0 Å². The molecule has 8 nitrogen and oxygen atoms in total. The molecular weight excluding hydrogens is 603 g/mol. The molecule has 46 heavy (non-hydrogen) atoms. The van der Waals surface area contributed by atoms with Crippen LogP contribution in [0.25, 0.3) is 22.8 Å². The summed E-state index contributed by atoms with van der Waals surface area (Å²) in [7, 11) is 0. The van der Waals surface area contributed by atoms with E-state index in [0.717, 1.165) is 28.1 Å². The second-order valence-corrected chi connectivity index (χ2v) is 10.4. The summed E-state index contributed by atoms with van der Waals surface area (Å²) in [6, 6.07) is 21.4. The molecule has 0 saturated heterocycles. The minimum atomic E-state index is -0.321. The lowest BCUT2D eigenvalue weighted by Crippen LogP contribution is -1.88. The van der Waals surface area contributed by atoms with Crippen LogP contribution in [-0.2, 0) is 12.8 Å². The molecule has 0 fully saturated rings. The summed E-state index contributed by atoms with van der Waals surface area (Å²) in [6.07, 6.45) is 5.77. The van der Waals surface area contributed by atoms with Gasteiger partial charge in [-0.3, -0.25) is 0 Å². The van der Waals surface area contributed by atoms with Gasteiger partial charge >= 0.3 is 0 Å². The normalized spacial score (nSPS) is 10.2. The molecule has 0 unspecified atom stereocenters. The van der Waals surface area contributed by atoms with Crippen molar-refractivity contribution in [2.24, 2.45) is 0 Å². The molecule has 0 aliphatic carbocycles. The van der Waals surface area contributed by atoms with E-state index in [-0.39, 0.29) is 5.82 Å². The van der Waals surface area contributed by atoms with Crippen LogP contribution in [-0.4, -0.2) is 30.2 Å². The fraction of sp³-hybridized carbons (Fsp3) is 0.167. The standard InChI is InChI=1S/C18H14ClN3O.C18H14FN3O/c1-13-7-6-10-15(19)17(13)18-21-16(23-22-18)11-3-2-8-14-9-4-5-12-20-14;1-13-9-10-14(19)12-16(13)18-21-17(23-22-18)8-3-2-6-15-7-4-5-11-20-15/h4-7,9-10,12H,3,11H2,1H3;4-5,7,9-12H,3,8H2,1H3. The molecule has 2 aromatic carbocycles. The Kier molecular flexibility index (Phi) is 11.0.